The summed E-state index contributed by atoms with van der Waals surface area (Å²) in [5.74, 6) is -0.748. The topological polar surface area (TPSA) is 121 Å². The Kier molecular flexibility index (Phi) is 4.39. The highest BCUT2D eigenvalue weighted by Crippen LogP contribution is 2.21. The van der Waals surface area contributed by atoms with Crippen molar-refractivity contribution in [2.45, 2.75) is 0 Å². The van der Waals surface area contributed by atoms with E-state index in [9.17, 15) is 9.59 Å². The summed E-state index contributed by atoms with van der Waals surface area (Å²) in [5.41, 5.74) is 5.75. The van der Waals surface area contributed by atoms with Crippen molar-refractivity contribution in [2.24, 2.45) is 10.9 Å². The van der Waals surface area contributed by atoms with Gasteiger partial charge < -0.3 is 21.2 Å². The van der Waals surface area contributed by atoms with Crippen molar-refractivity contribution in [1.82, 2.24) is 4.98 Å². The molecule has 0 aliphatic carbocycles. The van der Waals surface area contributed by atoms with Gasteiger partial charge in [0.2, 0.25) is 0 Å². The van der Waals surface area contributed by atoms with Crippen LogP contribution in [0, 0.1) is 0 Å². The van der Waals surface area contributed by atoms with E-state index in [0.717, 1.165) is 0 Å². The predicted octanol–water partition coefficient (Wildman–Crippen LogP) is 1.48. The molecule has 21 heavy (non-hydrogen) atoms. The normalized spacial score (nSPS) is 11.2. The molecule has 0 radical (unpaired) electrons. The first-order chi connectivity index (χ1) is 10.0. The number of rotatable bonds is 3. The molecule has 0 bridgehead atoms. The van der Waals surface area contributed by atoms with Crippen molar-refractivity contribution >= 4 is 33.4 Å². The number of anilines is 1. The van der Waals surface area contributed by atoms with E-state index in [-0.39, 0.29) is 11.4 Å². The molecule has 5 N–H and O–H groups in total. The Morgan fingerprint density at radius 2 is 2.10 bits per heavy atom. The van der Waals surface area contributed by atoms with Crippen LogP contribution in [-0.4, -0.2) is 21.9 Å². The second kappa shape index (κ2) is 6.23. The van der Waals surface area contributed by atoms with Crippen molar-refractivity contribution in [3.05, 3.63) is 62.5 Å². The Labute approximate surface area is 127 Å². The molecule has 1 amide bonds. The Morgan fingerprint density at radius 1 is 1.33 bits per heavy atom. The summed E-state index contributed by atoms with van der Waals surface area (Å²) in [4.78, 5) is 26.4. The number of nitrogens with one attached hydrogen (secondary N) is 2. The molecule has 1 heterocycles. The minimum atomic E-state index is -0.595. The Balaban J connectivity index is 2.40. The molecule has 0 atom stereocenters. The molecule has 1 aromatic carbocycles. The SMILES string of the molecule is N/C(=N/O)c1ccc(Br)cc1NC(=O)c1c[nH]ccc1=O. The third-order valence-electron chi connectivity index (χ3n) is 2.68. The number of benzene rings is 1. The molecule has 1 aromatic heterocycles. The van der Waals surface area contributed by atoms with Crippen LogP contribution in [0.15, 0.2) is 51.1 Å². The Morgan fingerprint density at radius 3 is 2.76 bits per heavy atom. The maximum atomic E-state index is 12.1. The van der Waals surface area contributed by atoms with Gasteiger partial charge in [-0.3, -0.25) is 9.59 Å². The van der Waals surface area contributed by atoms with Crippen LogP contribution in [-0.2, 0) is 0 Å². The fraction of sp³-hybridized carbons (Fsp3) is 0. The number of aromatic amines is 1. The fourth-order valence-corrected chi connectivity index (χ4v) is 2.04. The van der Waals surface area contributed by atoms with Gasteiger partial charge in [-0.25, -0.2) is 0 Å². The highest BCUT2D eigenvalue weighted by atomic mass is 79.9. The minimum absolute atomic E-state index is 0.0389. The number of hydrogen-bond acceptors (Lipinski definition) is 4. The smallest absolute Gasteiger partial charge is 0.261 e. The quantitative estimate of drug-likeness (QED) is 0.290. The average Bonchev–Trinajstić information content (AvgIpc) is 2.47. The summed E-state index contributed by atoms with van der Waals surface area (Å²) in [6, 6.07) is 6.09. The molecular formula is C13H11BrN4O3. The number of nitrogens with two attached hydrogens (primary N) is 1. The summed E-state index contributed by atoms with van der Waals surface area (Å²) in [7, 11) is 0. The average molecular weight is 351 g/mol. The summed E-state index contributed by atoms with van der Waals surface area (Å²) in [6.07, 6.45) is 2.73. The van der Waals surface area contributed by atoms with Gasteiger partial charge in [-0.2, -0.15) is 0 Å². The number of amides is 1. The number of pyridine rings is 1. The lowest BCUT2D eigenvalue weighted by Crippen LogP contribution is -2.23. The van der Waals surface area contributed by atoms with E-state index in [4.69, 9.17) is 10.9 Å². The van der Waals surface area contributed by atoms with Gasteiger partial charge in [-0.1, -0.05) is 21.1 Å². The molecule has 0 spiro atoms. The number of H-pyrrole nitrogens is 1. The maximum absolute atomic E-state index is 12.1. The third kappa shape index (κ3) is 3.29. The second-order valence-corrected chi connectivity index (χ2v) is 4.97. The lowest BCUT2D eigenvalue weighted by Gasteiger charge is -2.10. The molecule has 0 fully saturated rings. The molecule has 0 aliphatic heterocycles. The van der Waals surface area contributed by atoms with E-state index in [0.29, 0.717) is 15.7 Å². The number of hydrogen-bond donors (Lipinski definition) is 4. The molecule has 8 heteroatoms. The molecule has 108 valence electrons. The predicted molar refractivity (Wildman–Crippen MR) is 81.7 cm³/mol. The summed E-state index contributed by atoms with van der Waals surface area (Å²) in [5, 5.41) is 14.2. The van der Waals surface area contributed by atoms with Crippen LogP contribution >= 0.6 is 15.9 Å². The highest BCUT2D eigenvalue weighted by molar-refractivity contribution is 9.10. The zero-order valence-corrected chi connectivity index (χ0v) is 12.2. The zero-order valence-electron chi connectivity index (χ0n) is 10.6. The largest absolute Gasteiger partial charge is 0.409 e. The standard InChI is InChI=1S/C13H11BrN4O3/c14-7-1-2-8(12(15)18-21)10(5-7)17-13(20)9-6-16-4-3-11(9)19/h1-6,21H,(H2,15,18)(H,16,19)(H,17,20). The van der Waals surface area contributed by atoms with Crippen molar-refractivity contribution in [1.29, 1.82) is 0 Å². The van der Waals surface area contributed by atoms with Gasteiger partial charge in [0.25, 0.3) is 5.91 Å². The van der Waals surface area contributed by atoms with E-state index in [1.807, 2.05) is 0 Å². The van der Waals surface area contributed by atoms with E-state index in [2.05, 4.69) is 31.4 Å². The Hall–Kier alpha value is -2.61. The van der Waals surface area contributed by atoms with Crippen LogP contribution in [0.4, 0.5) is 5.69 Å². The van der Waals surface area contributed by atoms with Crippen LogP contribution in [0.25, 0.3) is 0 Å². The van der Waals surface area contributed by atoms with Gasteiger partial charge >= 0.3 is 0 Å². The van der Waals surface area contributed by atoms with Crippen LogP contribution in [0.3, 0.4) is 0 Å². The summed E-state index contributed by atoms with van der Waals surface area (Å²) < 4.78 is 0.689. The number of aromatic nitrogens is 1. The van der Waals surface area contributed by atoms with Gasteiger partial charge in [0, 0.05) is 28.5 Å². The molecule has 0 aliphatic rings. The number of carbonyl (C=O) groups is 1. The van der Waals surface area contributed by atoms with Crippen molar-refractivity contribution in [2.75, 3.05) is 5.32 Å². The lowest BCUT2D eigenvalue weighted by molar-refractivity contribution is 0.102. The molecule has 2 aromatic rings. The van der Waals surface area contributed by atoms with Crippen LogP contribution in [0.2, 0.25) is 0 Å². The van der Waals surface area contributed by atoms with Crippen molar-refractivity contribution in [3.8, 4) is 0 Å². The molecule has 2 rings (SSSR count). The van der Waals surface area contributed by atoms with Crippen LogP contribution in [0.5, 0.6) is 0 Å². The van der Waals surface area contributed by atoms with Gasteiger partial charge in [0.15, 0.2) is 11.3 Å². The second-order valence-electron chi connectivity index (χ2n) is 4.05. The van der Waals surface area contributed by atoms with Crippen molar-refractivity contribution in [3.63, 3.8) is 0 Å². The number of amidine groups is 1. The molecule has 0 unspecified atom stereocenters. The lowest BCUT2D eigenvalue weighted by atomic mass is 10.1. The first kappa shape index (κ1) is 14.8. The zero-order chi connectivity index (χ0) is 15.4. The number of nitrogens with zero attached hydrogens (tertiary/aromatic N) is 1. The molecule has 0 saturated heterocycles. The monoisotopic (exact) mass is 350 g/mol. The van der Waals surface area contributed by atoms with E-state index in [1.54, 1.807) is 18.2 Å². The number of halogens is 1. The number of oxime groups is 1. The third-order valence-corrected chi connectivity index (χ3v) is 3.18. The molecule has 0 saturated carbocycles. The summed E-state index contributed by atoms with van der Waals surface area (Å²) in [6.45, 7) is 0. The van der Waals surface area contributed by atoms with Crippen LogP contribution < -0.4 is 16.5 Å². The molecular weight excluding hydrogens is 340 g/mol. The van der Waals surface area contributed by atoms with Gasteiger partial charge in [0.1, 0.15) is 5.56 Å². The maximum Gasteiger partial charge on any atom is 0.261 e. The minimum Gasteiger partial charge on any atom is -0.409 e. The first-order valence-corrected chi connectivity index (χ1v) is 6.58. The Bertz CT molecular complexity index is 770. The van der Waals surface area contributed by atoms with Gasteiger partial charge in [0.05, 0.1) is 5.69 Å². The van der Waals surface area contributed by atoms with Gasteiger partial charge in [-0.15, -0.1) is 0 Å². The first-order valence-electron chi connectivity index (χ1n) is 5.79. The molecule has 7 nitrogen and oxygen atoms in total. The fourth-order valence-electron chi connectivity index (χ4n) is 1.68. The van der Waals surface area contributed by atoms with E-state index < -0.39 is 11.3 Å². The van der Waals surface area contributed by atoms with Crippen molar-refractivity contribution < 1.29 is 10.0 Å². The van der Waals surface area contributed by atoms with Gasteiger partial charge in [-0.05, 0) is 18.2 Å². The van der Waals surface area contributed by atoms with E-state index in [1.165, 1.54) is 18.5 Å². The number of carbonyl (C=O) groups excluding carboxylic acids is 1. The summed E-state index contributed by atoms with van der Waals surface area (Å²) >= 11 is 3.27. The highest BCUT2D eigenvalue weighted by Gasteiger charge is 2.14. The van der Waals surface area contributed by atoms with Crippen LogP contribution in [0.1, 0.15) is 15.9 Å². The van der Waals surface area contributed by atoms with E-state index >= 15 is 0 Å².